The molecule has 1 fully saturated rings. The molecule has 3 aromatic rings. The lowest BCUT2D eigenvalue weighted by Crippen LogP contribution is -2.34. The van der Waals surface area contributed by atoms with Gasteiger partial charge in [-0.05, 0) is 58.2 Å². The van der Waals surface area contributed by atoms with Crippen LogP contribution in [-0.4, -0.2) is 44.7 Å². The largest absolute Gasteiger partial charge is 0.336 e. The van der Waals surface area contributed by atoms with E-state index in [0.29, 0.717) is 24.6 Å². The van der Waals surface area contributed by atoms with E-state index in [1.54, 1.807) is 6.20 Å². The van der Waals surface area contributed by atoms with E-state index in [9.17, 15) is 4.79 Å². The van der Waals surface area contributed by atoms with Gasteiger partial charge in [0.1, 0.15) is 0 Å². The van der Waals surface area contributed by atoms with Crippen molar-refractivity contribution in [3.8, 4) is 11.3 Å². The Morgan fingerprint density at radius 1 is 1.31 bits per heavy atom. The maximum Gasteiger partial charge on any atom is 0.254 e. The molecule has 1 aliphatic rings. The molecule has 1 aromatic carbocycles. The van der Waals surface area contributed by atoms with Crippen molar-refractivity contribution in [2.75, 3.05) is 13.1 Å². The first-order chi connectivity index (χ1) is 13.9. The fourth-order valence-corrected chi connectivity index (χ4v) is 4.32. The number of hydrogen-bond donors (Lipinski definition) is 1. The second-order valence-electron chi connectivity index (χ2n) is 8.43. The van der Waals surface area contributed by atoms with Crippen molar-refractivity contribution in [1.29, 1.82) is 0 Å². The van der Waals surface area contributed by atoms with Crippen molar-refractivity contribution in [1.82, 2.24) is 19.7 Å². The highest BCUT2D eigenvalue weighted by Crippen LogP contribution is 2.31. The third-order valence-corrected chi connectivity index (χ3v) is 5.96. The summed E-state index contributed by atoms with van der Waals surface area (Å²) in [6, 6.07) is 10.4. The number of nitrogens with zero attached hydrogens (tertiary/aromatic N) is 4. The number of amides is 1. The van der Waals surface area contributed by atoms with Gasteiger partial charge >= 0.3 is 0 Å². The van der Waals surface area contributed by atoms with Crippen LogP contribution in [-0.2, 0) is 0 Å². The normalized spacial score (nSPS) is 19.4. The molecule has 2 N–H and O–H groups in total. The molecule has 152 valence electrons. The first-order valence-electron chi connectivity index (χ1n) is 10.4. The number of carbonyl (C=O) groups is 1. The number of aryl methyl sites for hydroxylation is 1. The van der Waals surface area contributed by atoms with Crippen molar-refractivity contribution in [2.24, 2.45) is 11.7 Å². The molecule has 0 aliphatic carbocycles. The minimum atomic E-state index is 0.0407. The summed E-state index contributed by atoms with van der Waals surface area (Å²) in [5.74, 6) is 0.402. The van der Waals surface area contributed by atoms with Crippen molar-refractivity contribution in [3.63, 3.8) is 0 Å². The average Bonchev–Trinajstić information content (AvgIpc) is 3.30. The van der Waals surface area contributed by atoms with Crippen LogP contribution < -0.4 is 5.73 Å². The van der Waals surface area contributed by atoms with Gasteiger partial charge in [0, 0.05) is 24.2 Å². The van der Waals surface area contributed by atoms with Gasteiger partial charge in [0.15, 0.2) is 5.65 Å². The van der Waals surface area contributed by atoms with Gasteiger partial charge in [0.05, 0.1) is 22.8 Å². The predicted octanol–water partition coefficient (Wildman–Crippen LogP) is 3.80. The first kappa shape index (κ1) is 19.6. The van der Waals surface area contributed by atoms with Gasteiger partial charge in [-0.3, -0.25) is 4.79 Å². The molecule has 1 aliphatic heterocycles. The third-order valence-electron chi connectivity index (χ3n) is 5.96. The highest BCUT2D eigenvalue weighted by atomic mass is 16.2. The highest BCUT2D eigenvalue weighted by molar-refractivity contribution is 6.06. The molecule has 0 saturated carbocycles. The maximum absolute atomic E-state index is 13.6. The van der Waals surface area contributed by atoms with Crippen LogP contribution in [0.2, 0.25) is 0 Å². The zero-order chi connectivity index (χ0) is 20.7. The molecule has 0 bridgehead atoms. The van der Waals surface area contributed by atoms with Crippen molar-refractivity contribution in [2.45, 2.75) is 46.2 Å². The summed E-state index contributed by atoms with van der Waals surface area (Å²) in [4.78, 5) is 20.5. The van der Waals surface area contributed by atoms with E-state index >= 15 is 0 Å². The Morgan fingerprint density at radius 2 is 2.07 bits per heavy atom. The monoisotopic (exact) mass is 391 g/mol. The number of rotatable bonds is 4. The molecular weight excluding hydrogens is 362 g/mol. The summed E-state index contributed by atoms with van der Waals surface area (Å²) in [5, 5.41) is 5.34. The van der Waals surface area contributed by atoms with Crippen LogP contribution in [0.3, 0.4) is 0 Å². The third kappa shape index (κ3) is 3.42. The van der Waals surface area contributed by atoms with Gasteiger partial charge in [-0.25, -0.2) is 9.67 Å². The highest BCUT2D eigenvalue weighted by Gasteiger charge is 2.33. The smallest absolute Gasteiger partial charge is 0.254 e. The van der Waals surface area contributed by atoms with Gasteiger partial charge in [0.25, 0.3) is 5.91 Å². The summed E-state index contributed by atoms with van der Waals surface area (Å²) < 4.78 is 1.89. The fraction of sp³-hybridized carbons (Fsp3) is 0.435. The molecule has 3 heterocycles. The van der Waals surface area contributed by atoms with Crippen molar-refractivity contribution < 1.29 is 4.79 Å². The Bertz CT molecular complexity index is 1050. The lowest BCUT2D eigenvalue weighted by Gasteiger charge is -2.22. The van der Waals surface area contributed by atoms with Gasteiger partial charge in [0.2, 0.25) is 0 Å². The Hall–Kier alpha value is -2.73. The number of aromatic nitrogens is 3. The average molecular weight is 392 g/mol. The topological polar surface area (TPSA) is 77.0 Å². The maximum atomic E-state index is 13.6. The number of benzene rings is 1. The number of likely N-dealkylation sites (tertiary alicyclic amines) is 1. The summed E-state index contributed by atoms with van der Waals surface area (Å²) in [5.41, 5.74) is 10.3. The molecular formula is C23H29N5O. The summed E-state index contributed by atoms with van der Waals surface area (Å²) in [6.45, 7) is 9.63. The molecule has 2 unspecified atom stereocenters. The molecule has 6 heteroatoms. The number of fused-ring (bicyclic) bond motifs is 1. The van der Waals surface area contributed by atoms with Crippen molar-refractivity contribution >= 4 is 16.9 Å². The van der Waals surface area contributed by atoms with Gasteiger partial charge < -0.3 is 10.6 Å². The van der Waals surface area contributed by atoms with Crippen LogP contribution in [0, 0.1) is 12.8 Å². The van der Waals surface area contributed by atoms with E-state index in [4.69, 9.17) is 10.7 Å². The van der Waals surface area contributed by atoms with Crippen LogP contribution in [0.5, 0.6) is 0 Å². The molecule has 1 amide bonds. The Balaban J connectivity index is 1.89. The molecule has 1 saturated heterocycles. The van der Waals surface area contributed by atoms with Gasteiger partial charge in [-0.15, -0.1) is 0 Å². The Morgan fingerprint density at radius 3 is 2.72 bits per heavy atom. The predicted molar refractivity (Wildman–Crippen MR) is 116 cm³/mol. The molecule has 4 rings (SSSR count). The second kappa shape index (κ2) is 7.59. The van der Waals surface area contributed by atoms with Gasteiger partial charge in [-0.2, -0.15) is 5.10 Å². The number of pyridine rings is 1. The number of carbonyl (C=O) groups excluding carboxylic acids is 1. The van der Waals surface area contributed by atoms with Crippen LogP contribution in [0.25, 0.3) is 22.3 Å². The first-order valence-corrected chi connectivity index (χ1v) is 10.4. The van der Waals surface area contributed by atoms with Crippen LogP contribution >= 0.6 is 0 Å². The minimum Gasteiger partial charge on any atom is -0.336 e. The van der Waals surface area contributed by atoms with Crippen LogP contribution in [0.15, 0.2) is 36.5 Å². The standard InChI is InChI=1S/C23H29N5O/c1-14(2)28-22-20(12-25-28)19(23(29)27-13-17(11-24)9-16(27)4)10-21(26-22)18-8-6-5-7-15(18)3/h5-8,10,12,14,16-17H,9,11,13,24H2,1-4H3. The molecule has 2 atom stereocenters. The van der Waals surface area contributed by atoms with Crippen LogP contribution in [0.4, 0.5) is 0 Å². The molecule has 0 radical (unpaired) electrons. The molecule has 6 nitrogen and oxygen atoms in total. The SMILES string of the molecule is Cc1ccccc1-c1cc(C(=O)N2CC(CN)CC2C)c2cnn(C(C)C)c2n1. The fourth-order valence-electron chi connectivity index (χ4n) is 4.32. The summed E-state index contributed by atoms with van der Waals surface area (Å²) in [7, 11) is 0. The van der Waals surface area contributed by atoms with Crippen molar-refractivity contribution in [3.05, 3.63) is 47.7 Å². The van der Waals surface area contributed by atoms with E-state index in [-0.39, 0.29) is 18.0 Å². The molecule has 2 aromatic heterocycles. The number of nitrogens with two attached hydrogens (primary N) is 1. The minimum absolute atomic E-state index is 0.0407. The van der Waals surface area contributed by atoms with Gasteiger partial charge in [-0.1, -0.05) is 24.3 Å². The second-order valence-corrected chi connectivity index (χ2v) is 8.43. The van der Waals surface area contributed by atoms with Crippen LogP contribution in [0.1, 0.15) is 49.2 Å². The quantitative estimate of drug-likeness (QED) is 0.734. The van der Waals surface area contributed by atoms with E-state index in [0.717, 1.165) is 34.3 Å². The Kier molecular flexibility index (Phi) is 5.13. The Labute approximate surface area is 171 Å². The molecule has 0 spiro atoms. The lowest BCUT2D eigenvalue weighted by molar-refractivity contribution is 0.0745. The van der Waals surface area contributed by atoms with E-state index < -0.39 is 0 Å². The zero-order valence-corrected chi connectivity index (χ0v) is 17.6. The summed E-state index contributed by atoms with van der Waals surface area (Å²) in [6.07, 6.45) is 2.73. The zero-order valence-electron chi connectivity index (χ0n) is 17.6. The van der Waals surface area contributed by atoms with E-state index in [2.05, 4.69) is 44.9 Å². The van der Waals surface area contributed by atoms with E-state index in [1.807, 2.05) is 27.8 Å². The number of hydrogen-bond acceptors (Lipinski definition) is 4. The summed E-state index contributed by atoms with van der Waals surface area (Å²) >= 11 is 0. The van der Waals surface area contributed by atoms with E-state index in [1.165, 1.54) is 0 Å². The molecule has 29 heavy (non-hydrogen) atoms. The lowest BCUT2D eigenvalue weighted by atomic mass is 10.0.